The Kier molecular flexibility index (Phi) is 7.36. The van der Waals surface area contributed by atoms with E-state index in [0.29, 0.717) is 28.9 Å². The fraction of sp³-hybridized carbons (Fsp3) is 0.200. The van der Waals surface area contributed by atoms with E-state index in [1.165, 1.54) is 23.5 Å². The molecular formula is C25H24N4O3S. The zero-order chi connectivity index (χ0) is 23.0. The first kappa shape index (κ1) is 22.5. The molecule has 7 nitrogen and oxygen atoms in total. The topological polar surface area (TPSA) is 79.1 Å². The fourth-order valence-electron chi connectivity index (χ4n) is 3.35. The van der Waals surface area contributed by atoms with Gasteiger partial charge >= 0.3 is 5.97 Å². The molecule has 0 aliphatic rings. The number of aromatic nitrogens is 4. The van der Waals surface area contributed by atoms with Crippen molar-refractivity contribution >= 4 is 17.7 Å². The van der Waals surface area contributed by atoms with Gasteiger partial charge < -0.3 is 14.0 Å². The van der Waals surface area contributed by atoms with E-state index in [1.54, 1.807) is 26.2 Å². The normalized spacial score (nSPS) is 10.7. The molecule has 0 aliphatic heterocycles. The first-order valence-corrected chi connectivity index (χ1v) is 11.4. The van der Waals surface area contributed by atoms with Gasteiger partial charge in [-0.1, -0.05) is 42.5 Å². The predicted octanol–water partition coefficient (Wildman–Crippen LogP) is 4.92. The number of rotatable bonds is 9. The van der Waals surface area contributed by atoms with Gasteiger partial charge in [-0.3, -0.25) is 0 Å². The average molecular weight is 461 g/mol. The first-order chi connectivity index (χ1) is 16.2. The zero-order valence-corrected chi connectivity index (χ0v) is 19.3. The van der Waals surface area contributed by atoms with Gasteiger partial charge in [0, 0.05) is 12.7 Å². The predicted molar refractivity (Wildman–Crippen MR) is 126 cm³/mol. The van der Waals surface area contributed by atoms with Crippen molar-refractivity contribution in [2.75, 3.05) is 13.7 Å². The number of aryl methyl sites for hydroxylation is 1. The van der Waals surface area contributed by atoms with Crippen LogP contribution in [0.3, 0.4) is 0 Å². The van der Waals surface area contributed by atoms with Crippen LogP contribution in [0.2, 0.25) is 0 Å². The smallest absolute Gasteiger partial charge is 0.339 e. The fourth-order valence-corrected chi connectivity index (χ4v) is 4.15. The molecule has 33 heavy (non-hydrogen) atoms. The Balaban J connectivity index is 1.64. The third-order valence-corrected chi connectivity index (χ3v) is 5.91. The summed E-state index contributed by atoms with van der Waals surface area (Å²) in [4.78, 5) is 16.3. The quantitative estimate of drug-likeness (QED) is 0.328. The molecule has 0 atom stereocenters. The molecule has 0 unspecified atom stereocenters. The Morgan fingerprint density at radius 2 is 1.79 bits per heavy atom. The van der Waals surface area contributed by atoms with E-state index in [0.717, 1.165) is 23.6 Å². The summed E-state index contributed by atoms with van der Waals surface area (Å²) in [6.07, 6.45) is 2.34. The van der Waals surface area contributed by atoms with E-state index >= 15 is 0 Å². The van der Waals surface area contributed by atoms with Crippen LogP contribution in [0, 0.1) is 0 Å². The summed E-state index contributed by atoms with van der Waals surface area (Å²) in [5.74, 6) is 1.08. The van der Waals surface area contributed by atoms with Crippen LogP contribution < -0.4 is 4.74 Å². The van der Waals surface area contributed by atoms with Crippen LogP contribution in [0.15, 0.2) is 83.1 Å². The number of carbonyl (C=O) groups is 1. The van der Waals surface area contributed by atoms with Crippen LogP contribution in [0.1, 0.15) is 22.8 Å². The van der Waals surface area contributed by atoms with Crippen molar-refractivity contribution in [2.24, 2.45) is 0 Å². The van der Waals surface area contributed by atoms with Crippen LogP contribution >= 0.6 is 11.8 Å². The van der Waals surface area contributed by atoms with E-state index < -0.39 is 0 Å². The Labute approximate surface area is 196 Å². The number of methoxy groups -OCH3 is 1. The molecule has 0 aliphatic carbocycles. The lowest BCUT2D eigenvalue weighted by atomic mass is 10.1. The van der Waals surface area contributed by atoms with Crippen molar-refractivity contribution in [1.82, 2.24) is 19.7 Å². The minimum absolute atomic E-state index is 0.325. The maximum absolute atomic E-state index is 11.9. The SMILES string of the molecule is CCOC(=O)c1ccc(Sc2nnc(-c3ccccc3OC)n2CCc2ccccc2)nc1. The van der Waals surface area contributed by atoms with Crippen LogP contribution in [-0.4, -0.2) is 39.4 Å². The number of para-hydroxylation sites is 1. The van der Waals surface area contributed by atoms with Gasteiger partial charge in [0.05, 0.1) is 24.8 Å². The maximum Gasteiger partial charge on any atom is 0.339 e. The Hall–Kier alpha value is -3.65. The van der Waals surface area contributed by atoms with Gasteiger partial charge in [-0.2, -0.15) is 0 Å². The highest BCUT2D eigenvalue weighted by atomic mass is 32.2. The summed E-state index contributed by atoms with van der Waals surface area (Å²) in [7, 11) is 1.65. The summed E-state index contributed by atoms with van der Waals surface area (Å²) >= 11 is 1.40. The molecule has 0 radical (unpaired) electrons. The van der Waals surface area contributed by atoms with Gasteiger partial charge in [-0.05, 0) is 54.9 Å². The number of hydrogen-bond acceptors (Lipinski definition) is 7. The largest absolute Gasteiger partial charge is 0.496 e. The first-order valence-electron chi connectivity index (χ1n) is 10.6. The van der Waals surface area contributed by atoms with Crippen LogP contribution in [0.4, 0.5) is 0 Å². The summed E-state index contributed by atoms with van der Waals surface area (Å²) < 4.78 is 12.7. The van der Waals surface area contributed by atoms with Crippen molar-refractivity contribution in [3.8, 4) is 17.1 Å². The highest BCUT2D eigenvalue weighted by Gasteiger charge is 2.18. The molecule has 2 aromatic heterocycles. The van der Waals surface area contributed by atoms with Crippen molar-refractivity contribution in [3.63, 3.8) is 0 Å². The number of esters is 1. The van der Waals surface area contributed by atoms with E-state index in [1.807, 2.05) is 42.5 Å². The molecule has 0 saturated heterocycles. The monoisotopic (exact) mass is 460 g/mol. The molecule has 0 spiro atoms. The lowest BCUT2D eigenvalue weighted by molar-refractivity contribution is 0.0525. The second-order valence-corrected chi connectivity index (χ2v) is 8.09. The van der Waals surface area contributed by atoms with Gasteiger partial charge in [-0.15, -0.1) is 10.2 Å². The average Bonchev–Trinajstić information content (AvgIpc) is 3.26. The van der Waals surface area contributed by atoms with Gasteiger partial charge in [0.2, 0.25) is 0 Å². The van der Waals surface area contributed by atoms with Crippen molar-refractivity contribution in [1.29, 1.82) is 0 Å². The molecule has 2 aromatic carbocycles. The van der Waals surface area contributed by atoms with Gasteiger partial charge in [0.25, 0.3) is 0 Å². The van der Waals surface area contributed by atoms with E-state index in [9.17, 15) is 4.79 Å². The zero-order valence-electron chi connectivity index (χ0n) is 18.5. The lowest BCUT2D eigenvalue weighted by Crippen LogP contribution is -2.06. The molecule has 0 N–H and O–H groups in total. The van der Waals surface area contributed by atoms with Crippen LogP contribution in [0.25, 0.3) is 11.4 Å². The number of benzene rings is 2. The number of carbonyl (C=O) groups excluding carboxylic acids is 1. The van der Waals surface area contributed by atoms with E-state index in [4.69, 9.17) is 9.47 Å². The Morgan fingerprint density at radius 3 is 2.52 bits per heavy atom. The third kappa shape index (κ3) is 5.40. The molecule has 2 heterocycles. The minimum atomic E-state index is -0.383. The second-order valence-electron chi connectivity index (χ2n) is 7.10. The number of hydrogen-bond donors (Lipinski definition) is 0. The Bertz CT molecular complexity index is 1210. The van der Waals surface area contributed by atoms with Crippen molar-refractivity contribution < 1.29 is 14.3 Å². The van der Waals surface area contributed by atoms with Crippen molar-refractivity contribution in [2.45, 2.75) is 30.1 Å². The molecule has 0 amide bonds. The van der Waals surface area contributed by atoms with Gasteiger partial charge in [0.1, 0.15) is 10.8 Å². The highest BCUT2D eigenvalue weighted by Crippen LogP contribution is 2.33. The highest BCUT2D eigenvalue weighted by molar-refractivity contribution is 7.99. The summed E-state index contributed by atoms with van der Waals surface area (Å²) in [6.45, 7) is 2.79. The lowest BCUT2D eigenvalue weighted by Gasteiger charge is -2.12. The molecule has 168 valence electrons. The Morgan fingerprint density at radius 1 is 1.00 bits per heavy atom. The van der Waals surface area contributed by atoms with Crippen LogP contribution in [0.5, 0.6) is 5.75 Å². The van der Waals surface area contributed by atoms with Gasteiger partial charge in [-0.25, -0.2) is 9.78 Å². The number of ether oxygens (including phenoxy) is 2. The molecule has 4 aromatic rings. The molecule has 0 saturated carbocycles. The van der Waals surface area contributed by atoms with Gasteiger partial charge in [0.15, 0.2) is 11.0 Å². The molecule has 8 heteroatoms. The molecule has 4 rings (SSSR count). The van der Waals surface area contributed by atoms with Crippen LogP contribution in [-0.2, 0) is 17.7 Å². The maximum atomic E-state index is 11.9. The molecule has 0 bridgehead atoms. The van der Waals surface area contributed by atoms with E-state index in [-0.39, 0.29) is 5.97 Å². The number of nitrogens with zero attached hydrogens (tertiary/aromatic N) is 4. The summed E-state index contributed by atoms with van der Waals surface area (Å²) in [6, 6.07) is 21.6. The third-order valence-electron chi connectivity index (χ3n) is 4.97. The minimum Gasteiger partial charge on any atom is -0.496 e. The van der Waals surface area contributed by atoms with Crippen molar-refractivity contribution in [3.05, 3.63) is 84.1 Å². The van der Waals surface area contributed by atoms with E-state index in [2.05, 4.69) is 31.9 Å². The molecule has 0 fully saturated rings. The summed E-state index contributed by atoms with van der Waals surface area (Å²) in [5.41, 5.74) is 2.52. The summed E-state index contributed by atoms with van der Waals surface area (Å²) in [5, 5.41) is 10.4. The number of pyridine rings is 1. The second kappa shape index (κ2) is 10.8. The standard InChI is InChI=1S/C25H24N4O3S/c1-3-32-24(30)19-13-14-22(26-17-19)33-25-28-27-23(20-11-7-8-12-21(20)31-2)29(25)16-15-18-9-5-4-6-10-18/h4-14,17H,3,15-16H2,1-2H3. The molecular weight excluding hydrogens is 436 g/mol.